The van der Waals surface area contributed by atoms with Crippen molar-refractivity contribution in [2.24, 2.45) is 11.8 Å². The predicted octanol–water partition coefficient (Wildman–Crippen LogP) is 2.46. The van der Waals surface area contributed by atoms with Crippen molar-refractivity contribution in [3.05, 3.63) is 30.1 Å². The van der Waals surface area contributed by atoms with Crippen molar-refractivity contribution >= 4 is 15.9 Å². The Bertz CT molecular complexity index is 824. The maximum atomic E-state index is 14.0. The summed E-state index contributed by atoms with van der Waals surface area (Å²) in [5, 5.41) is 3.21. The molecule has 1 aliphatic heterocycles. The maximum Gasteiger partial charge on any atom is 0.246 e. The molecule has 8 heteroatoms. The van der Waals surface area contributed by atoms with Crippen molar-refractivity contribution < 1.29 is 17.6 Å². The number of carbonyl (C=O) groups is 1. The Hall–Kier alpha value is -1.51. The molecule has 29 heavy (non-hydrogen) atoms. The molecule has 0 aromatic heterocycles. The number of carbonyl (C=O) groups excluding carboxylic acids is 1. The summed E-state index contributed by atoms with van der Waals surface area (Å²) in [4.78, 5) is 14.5. The van der Waals surface area contributed by atoms with Gasteiger partial charge in [-0.25, -0.2) is 12.8 Å². The molecule has 1 aromatic rings. The topological polar surface area (TPSA) is 69.7 Å². The second kappa shape index (κ2) is 9.10. The van der Waals surface area contributed by atoms with Crippen LogP contribution >= 0.6 is 0 Å². The molecule has 2 fully saturated rings. The van der Waals surface area contributed by atoms with E-state index in [1.54, 1.807) is 0 Å². The minimum absolute atomic E-state index is 0.00126. The summed E-state index contributed by atoms with van der Waals surface area (Å²) in [6.45, 7) is 7.68. The van der Waals surface area contributed by atoms with E-state index in [2.05, 4.69) is 19.2 Å². The number of piperazine rings is 1. The first-order chi connectivity index (χ1) is 13.7. The van der Waals surface area contributed by atoms with Gasteiger partial charge in [-0.05, 0) is 37.3 Å². The lowest BCUT2D eigenvalue weighted by Gasteiger charge is -2.39. The van der Waals surface area contributed by atoms with E-state index in [1.807, 2.05) is 11.8 Å². The van der Waals surface area contributed by atoms with Gasteiger partial charge in [0.25, 0.3) is 0 Å². The predicted molar refractivity (Wildman–Crippen MR) is 110 cm³/mol. The van der Waals surface area contributed by atoms with Crippen molar-refractivity contribution in [3.8, 4) is 0 Å². The van der Waals surface area contributed by atoms with Gasteiger partial charge in [-0.3, -0.25) is 9.69 Å². The fraction of sp³-hybridized carbons (Fsp3) is 0.667. The molecule has 162 valence electrons. The summed E-state index contributed by atoms with van der Waals surface area (Å²) in [5.74, 6) is 0.332. The van der Waals surface area contributed by atoms with Crippen LogP contribution in [0.25, 0.3) is 0 Å². The molecule has 0 spiro atoms. The number of benzene rings is 1. The van der Waals surface area contributed by atoms with E-state index in [1.165, 1.54) is 28.9 Å². The normalized spacial score (nSPS) is 28.1. The fourth-order valence-corrected chi connectivity index (χ4v) is 5.87. The van der Waals surface area contributed by atoms with E-state index in [0.717, 1.165) is 18.9 Å². The lowest BCUT2D eigenvalue weighted by atomic mass is 9.78. The first-order valence-electron chi connectivity index (χ1n) is 10.5. The minimum Gasteiger partial charge on any atom is -0.352 e. The van der Waals surface area contributed by atoms with E-state index in [0.29, 0.717) is 24.9 Å². The fourth-order valence-electron chi connectivity index (χ4n) is 4.38. The zero-order valence-corrected chi connectivity index (χ0v) is 18.3. The average molecular weight is 426 g/mol. The molecule has 1 saturated heterocycles. The second-order valence-electron chi connectivity index (χ2n) is 8.43. The smallest absolute Gasteiger partial charge is 0.246 e. The number of rotatable bonds is 5. The Labute approximate surface area is 173 Å². The standard InChI is InChI=1S/C21H32FN3O3S/c1-15-7-6-9-19(16(15)2)23-21(26)17(3)24-11-13-25(14-12-24)29(27,28)20-10-5-4-8-18(20)22/h4-5,8,10,15-17,19H,6-7,9,11-14H2,1-3H3,(H,23,26)/t15-,16+,17+,19-/m0/s1. The van der Waals surface area contributed by atoms with Crippen LogP contribution in [0.4, 0.5) is 4.39 Å². The molecule has 3 rings (SSSR count). The number of amides is 1. The van der Waals surface area contributed by atoms with Crippen LogP contribution in [0.5, 0.6) is 0 Å². The van der Waals surface area contributed by atoms with Crippen LogP contribution in [0, 0.1) is 17.7 Å². The van der Waals surface area contributed by atoms with Crippen LogP contribution in [-0.2, 0) is 14.8 Å². The van der Waals surface area contributed by atoms with E-state index in [9.17, 15) is 17.6 Å². The number of halogens is 1. The molecule has 0 bridgehead atoms. The van der Waals surface area contributed by atoms with Crippen LogP contribution in [0.15, 0.2) is 29.2 Å². The van der Waals surface area contributed by atoms with Gasteiger partial charge in [-0.15, -0.1) is 0 Å². The summed E-state index contributed by atoms with van der Waals surface area (Å²) < 4.78 is 40.7. The molecule has 1 N–H and O–H groups in total. The Kier molecular flexibility index (Phi) is 6.96. The largest absolute Gasteiger partial charge is 0.352 e. The molecule has 0 unspecified atom stereocenters. The molecular formula is C21H32FN3O3S. The van der Waals surface area contributed by atoms with Gasteiger partial charge in [0.05, 0.1) is 6.04 Å². The van der Waals surface area contributed by atoms with E-state index < -0.39 is 15.8 Å². The Balaban J connectivity index is 1.57. The average Bonchev–Trinajstić information content (AvgIpc) is 2.71. The number of hydrogen-bond acceptors (Lipinski definition) is 4. The molecule has 4 atom stereocenters. The Morgan fingerprint density at radius 1 is 1.14 bits per heavy atom. The van der Waals surface area contributed by atoms with Gasteiger partial charge in [-0.2, -0.15) is 4.31 Å². The summed E-state index contributed by atoms with van der Waals surface area (Å²) in [6.07, 6.45) is 3.36. The monoisotopic (exact) mass is 425 g/mol. The number of hydrogen-bond donors (Lipinski definition) is 1. The van der Waals surface area contributed by atoms with Gasteiger partial charge < -0.3 is 5.32 Å². The maximum absolute atomic E-state index is 14.0. The zero-order chi connectivity index (χ0) is 21.2. The number of sulfonamides is 1. The molecule has 1 aliphatic carbocycles. The first kappa shape index (κ1) is 22.2. The third kappa shape index (κ3) is 4.81. The van der Waals surface area contributed by atoms with Crippen LogP contribution in [0.1, 0.15) is 40.0 Å². The second-order valence-corrected chi connectivity index (χ2v) is 10.3. The highest BCUT2D eigenvalue weighted by Gasteiger charge is 2.34. The van der Waals surface area contributed by atoms with E-state index >= 15 is 0 Å². The summed E-state index contributed by atoms with van der Waals surface area (Å²) >= 11 is 0. The minimum atomic E-state index is -3.87. The molecule has 6 nitrogen and oxygen atoms in total. The van der Waals surface area contributed by atoms with Gasteiger partial charge in [0.2, 0.25) is 15.9 Å². The van der Waals surface area contributed by atoms with Crippen molar-refractivity contribution in [3.63, 3.8) is 0 Å². The van der Waals surface area contributed by atoms with Crippen molar-refractivity contribution in [1.82, 2.24) is 14.5 Å². The quantitative estimate of drug-likeness (QED) is 0.787. The molecule has 2 aliphatic rings. The summed E-state index contributed by atoms with van der Waals surface area (Å²) in [7, 11) is -3.87. The van der Waals surface area contributed by atoms with Crippen molar-refractivity contribution in [2.45, 2.75) is 57.0 Å². The third-order valence-electron chi connectivity index (χ3n) is 6.69. The van der Waals surface area contributed by atoms with Gasteiger partial charge in [0.1, 0.15) is 10.7 Å². The van der Waals surface area contributed by atoms with Gasteiger partial charge in [0.15, 0.2) is 0 Å². The highest BCUT2D eigenvalue weighted by molar-refractivity contribution is 7.89. The zero-order valence-electron chi connectivity index (χ0n) is 17.5. The Morgan fingerprint density at radius 3 is 2.45 bits per heavy atom. The van der Waals surface area contributed by atoms with Crippen LogP contribution in [-0.4, -0.2) is 61.8 Å². The van der Waals surface area contributed by atoms with Crippen LogP contribution in [0.2, 0.25) is 0 Å². The van der Waals surface area contributed by atoms with Crippen molar-refractivity contribution in [2.75, 3.05) is 26.2 Å². The Morgan fingerprint density at radius 2 is 1.79 bits per heavy atom. The van der Waals surface area contributed by atoms with Gasteiger partial charge in [-0.1, -0.05) is 38.8 Å². The summed E-state index contributed by atoms with van der Waals surface area (Å²) in [6, 6.07) is 5.32. The molecule has 1 aromatic carbocycles. The number of nitrogens with one attached hydrogen (secondary N) is 1. The van der Waals surface area contributed by atoms with Crippen LogP contribution < -0.4 is 5.32 Å². The highest BCUT2D eigenvalue weighted by atomic mass is 32.2. The SMILES string of the molecule is C[C@H]1[C@@H](NC(=O)[C@@H](C)N2CCN(S(=O)(=O)c3ccccc3F)CC2)CCC[C@@H]1C. The highest BCUT2D eigenvalue weighted by Crippen LogP contribution is 2.29. The summed E-state index contributed by atoms with van der Waals surface area (Å²) in [5.41, 5.74) is 0. The number of nitrogens with zero attached hydrogens (tertiary/aromatic N) is 2. The van der Waals surface area contributed by atoms with Gasteiger partial charge in [0, 0.05) is 32.2 Å². The van der Waals surface area contributed by atoms with Crippen LogP contribution in [0.3, 0.4) is 0 Å². The van der Waals surface area contributed by atoms with E-state index in [-0.39, 0.29) is 36.0 Å². The molecular weight excluding hydrogens is 393 g/mol. The first-order valence-corrected chi connectivity index (χ1v) is 11.9. The van der Waals surface area contributed by atoms with Gasteiger partial charge >= 0.3 is 0 Å². The van der Waals surface area contributed by atoms with E-state index in [4.69, 9.17) is 0 Å². The molecule has 1 amide bonds. The van der Waals surface area contributed by atoms with Crippen molar-refractivity contribution in [1.29, 1.82) is 0 Å². The molecule has 1 heterocycles. The lowest BCUT2D eigenvalue weighted by molar-refractivity contribution is -0.127. The third-order valence-corrected chi connectivity index (χ3v) is 8.62. The molecule has 0 radical (unpaired) electrons. The molecule has 1 saturated carbocycles. The lowest BCUT2D eigenvalue weighted by Crippen LogP contribution is -2.56.